The predicted octanol–water partition coefficient (Wildman–Crippen LogP) is 0.230. The molecule has 1 aliphatic carbocycles. The topological polar surface area (TPSA) is 118 Å². The fraction of sp³-hybridized carbons (Fsp3) is 0.500. The first-order valence-corrected chi connectivity index (χ1v) is 9.80. The Morgan fingerprint density at radius 1 is 1.31 bits per heavy atom. The second kappa shape index (κ2) is 10.0. The molecular formula is C20H27N5O4. The number of aromatic nitrogens is 3. The Labute approximate surface area is 168 Å². The number of pyridine rings is 1. The van der Waals surface area contributed by atoms with Crippen molar-refractivity contribution in [2.75, 3.05) is 13.7 Å². The SMILES string of the molecule is CO[C@@H]1CC[C@H](C(=O)NCCc2ccn[nH]2)C[C@H]1NC(=O)Cn1ccccc1=O. The number of amides is 2. The van der Waals surface area contributed by atoms with E-state index in [2.05, 4.69) is 20.8 Å². The van der Waals surface area contributed by atoms with Crippen LogP contribution in [0.1, 0.15) is 25.0 Å². The van der Waals surface area contributed by atoms with E-state index >= 15 is 0 Å². The van der Waals surface area contributed by atoms with E-state index in [0.717, 1.165) is 5.69 Å². The molecule has 9 nitrogen and oxygen atoms in total. The summed E-state index contributed by atoms with van der Waals surface area (Å²) in [5, 5.41) is 12.7. The number of hydrogen-bond donors (Lipinski definition) is 3. The van der Waals surface area contributed by atoms with Crippen LogP contribution >= 0.6 is 0 Å². The lowest BCUT2D eigenvalue weighted by Crippen LogP contribution is -2.51. The van der Waals surface area contributed by atoms with E-state index in [0.29, 0.717) is 32.2 Å². The molecule has 0 unspecified atom stereocenters. The fourth-order valence-electron chi connectivity index (χ4n) is 3.70. The third kappa shape index (κ3) is 5.77. The van der Waals surface area contributed by atoms with Gasteiger partial charge in [0.1, 0.15) is 6.54 Å². The van der Waals surface area contributed by atoms with E-state index in [4.69, 9.17) is 4.74 Å². The van der Waals surface area contributed by atoms with E-state index in [1.807, 2.05) is 6.07 Å². The van der Waals surface area contributed by atoms with Gasteiger partial charge in [-0.05, 0) is 31.4 Å². The Hall–Kier alpha value is -2.94. The van der Waals surface area contributed by atoms with Crippen LogP contribution in [0, 0.1) is 5.92 Å². The van der Waals surface area contributed by atoms with Crippen LogP contribution in [0.15, 0.2) is 41.5 Å². The summed E-state index contributed by atoms with van der Waals surface area (Å²) in [5.74, 6) is -0.476. The Kier molecular flexibility index (Phi) is 7.18. The average Bonchev–Trinajstić information content (AvgIpc) is 3.23. The zero-order valence-electron chi connectivity index (χ0n) is 16.5. The molecule has 0 saturated heterocycles. The van der Waals surface area contributed by atoms with Gasteiger partial charge in [0.05, 0.1) is 12.1 Å². The Bertz CT molecular complexity index is 864. The van der Waals surface area contributed by atoms with E-state index in [1.54, 1.807) is 31.6 Å². The first-order chi connectivity index (χ1) is 14.1. The summed E-state index contributed by atoms with van der Waals surface area (Å²) in [4.78, 5) is 36.8. The van der Waals surface area contributed by atoms with Crippen LogP contribution in [0.4, 0.5) is 0 Å². The normalized spacial score (nSPS) is 21.5. The molecule has 0 radical (unpaired) electrons. The van der Waals surface area contributed by atoms with Gasteiger partial charge in [0.15, 0.2) is 0 Å². The highest BCUT2D eigenvalue weighted by atomic mass is 16.5. The third-order valence-corrected chi connectivity index (χ3v) is 5.27. The van der Waals surface area contributed by atoms with Gasteiger partial charge in [0, 0.05) is 50.1 Å². The summed E-state index contributed by atoms with van der Waals surface area (Å²) in [6.45, 7) is 0.465. The van der Waals surface area contributed by atoms with Crippen LogP contribution in [-0.2, 0) is 27.3 Å². The molecule has 9 heteroatoms. The third-order valence-electron chi connectivity index (χ3n) is 5.27. The maximum atomic E-state index is 12.6. The maximum Gasteiger partial charge on any atom is 0.250 e. The minimum atomic E-state index is -0.274. The van der Waals surface area contributed by atoms with Gasteiger partial charge in [0.25, 0.3) is 5.56 Å². The molecule has 3 rings (SSSR count). The second-order valence-corrected chi connectivity index (χ2v) is 7.25. The highest BCUT2D eigenvalue weighted by molar-refractivity contribution is 5.79. The standard InChI is InChI=1S/C20H27N5O4/c1-29-17-6-5-14(20(28)21-9-7-15-8-10-22-24-15)12-16(17)23-18(26)13-25-11-3-2-4-19(25)27/h2-4,8,10-11,14,16-17H,5-7,9,12-13H2,1H3,(H,21,28)(H,22,24)(H,23,26)/t14-,16+,17+/m0/s1. The number of rotatable bonds is 8. The number of carbonyl (C=O) groups excluding carboxylic acids is 2. The molecule has 1 saturated carbocycles. The van der Waals surface area contributed by atoms with Gasteiger partial charge in [-0.15, -0.1) is 0 Å². The molecule has 0 spiro atoms. The molecule has 2 aromatic rings. The Morgan fingerprint density at radius 3 is 2.90 bits per heavy atom. The lowest BCUT2D eigenvalue weighted by atomic mass is 9.83. The molecule has 1 aliphatic rings. The van der Waals surface area contributed by atoms with Gasteiger partial charge >= 0.3 is 0 Å². The Morgan fingerprint density at radius 2 is 2.17 bits per heavy atom. The van der Waals surface area contributed by atoms with E-state index in [9.17, 15) is 14.4 Å². The number of methoxy groups -OCH3 is 1. The largest absolute Gasteiger partial charge is 0.379 e. The van der Waals surface area contributed by atoms with Gasteiger partial charge < -0.3 is 19.9 Å². The molecule has 0 bridgehead atoms. The lowest BCUT2D eigenvalue weighted by Gasteiger charge is -2.35. The number of carbonyl (C=O) groups is 2. The monoisotopic (exact) mass is 401 g/mol. The molecule has 2 heterocycles. The van der Waals surface area contributed by atoms with Crippen molar-refractivity contribution in [3.05, 3.63) is 52.7 Å². The smallest absolute Gasteiger partial charge is 0.250 e. The first kappa shape index (κ1) is 20.8. The van der Waals surface area contributed by atoms with E-state index in [1.165, 1.54) is 10.6 Å². The van der Waals surface area contributed by atoms with Crippen molar-refractivity contribution in [1.82, 2.24) is 25.4 Å². The zero-order valence-corrected chi connectivity index (χ0v) is 16.5. The molecule has 0 aliphatic heterocycles. The van der Waals surface area contributed by atoms with Crippen LogP contribution in [-0.4, -0.2) is 52.4 Å². The minimum absolute atomic E-state index is 0.0161. The summed E-state index contributed by atoms with van der Waals surface area (Å²) >= 11 is 0. The molecule has 2 amide bonds. The van der Waals surface area contributed by atoms with Crippen molar-refractivity contribution in [1.29, 1.82) is 0 Å². The van der Waals surface area contributed by atoms with E-state index < -0.39 is 0 Å². The van der Waals surface area contributed by atoms with Gasteiger partial charge in [-0.2, -0.15) is 5.10 Å². The lowest BCUT2D eigenvalue weighted by molar-refractivity contribution is -0.130. The van der Waals surface area contributed by atoms with Gasteiger partial charge in [0.2, 0.25) is 11.8 Å². The number of nitrogens with zero attached hydrogens (tertiary/aromatic N) is 2. The number of hydrogen-bond acceptors (Lipinski definition) is 5. The van der Waals surface area contributed by atoms with Crippen LogP contribution in [0.2, 0.25) is 0 Å². The number of ether oxygens (including phenoxy) is 1. The fourth-order valence-corrected chi connectivity index (χ4v) is 3.70. The summed E-state index contributed by atoms with van der Waals surface area (Å²) < 4.78 is 6.86. The van der Waals surface area contributed by atoms with Crippen LogP contribution in [0.5, 0.6) is 0 Å². The zero-order chi connectivity index (χ0) is 20.6. The second-order valence-electron chi connectivity index (χ2n) is 7.25. The van der Waals surface area contributed by atoms with Crippen molar-refractivity contribution in [2.45, 2.75) is 44.4 Å². The van der Waals surface area contributed by atoms with Gasteiger partial charge in [-0.25, -0.2) is 0 Å². The molecular weight excluding hydrogens is 374 g/mol. The maximum absolute atomic E-state index is 12.6. The van der Waals surface area contributed by atoms with Crippen molar-refractivity contribution in [2.24, 2.45) is 5.92 Å². The molecule has 1 fully saturated rings. The van der Waals surface area contributed by atoms with E-state index in [-0.39, 0.29) is 42.0 Å². The van der Waals surface area contributed by atoms with Gasteiger partial charge in [-0.1, -0.05) is 6.07 Å². The van der Waals surface area contributed by atoms with Crippen LogP contribution in [0.25, 0.3) is 0 Å². The van der Waals surface area contributed by atoms with Crippen molar-refractivity contribution >= 4 is 11.8 Å². The highest BCUT2D eigenvalue weighted by Crippen LogP contribution is 2.26. The molecule has 29 heavy (non-hydrogen) atoms. The first-order valence-electron chi connectivity index (χ1n) is 9.80. The number of nitrogens with one attached hydrogen (secondary N) is 3. The Balaban J connectivity index is 1.52. The van der Waals surface area contributed by atoms with Crippen molar-refractivity contribution in [3.63, 3.8) is 0 Å². The van der Waals surface area contributed by atoms with Crippen molar-refractivity contribution in [3.8, 4) is 0 Å². The number of H-pyrrole nitrogens is 1. The molecule has 0 aromatic carbocycles. The summed E-state index contributed by atoms with van der Waals surface area (Å²) in [7, 11) is 1.61. The minimum Gasteiger partial charge on any atom is -0.379 e. The van der Waals surface area contributed by atoms with Crippen LogP contribution < -0.4 is 16.2 Å². The quantitative estimate of drug-likeness (QED) is 0.585. The average molecular weight is 401 g/mol. The predicted molar refractivity (Wildman–Crippen MR) is 106 cm³/mol. The summed E-state index contributed by atoms with van der Waals surface area (Å²) in [6, 6.07) is 6.35. The highest BCUT2D eigenvalue weighted by Gasteiger charge is 2.34. The molecule has 2 aromatic heterocycles. The summed E-state index contributed by atoms with van der Waals surface area (Å²) in [6.07, 6.45) is 5.69. The number of aromatic amines is 1. The summed E-state index contributed by atoms with van der Waals surface area (Å²) in [5.41, 5.74) is 0.735. The molecule has 3 N–H and O–H groups in total. The van der Waals surface area contributed by atoms with Crippen LogP contribution in [0.3, 0.4) is 0 Å². The van der Waals surface area contributed by atoms with Crippen molar-refractivity contribution < 1.29 is 14.3 Å². The molecule has 3 atom stereocenters. The molecule has 156 valence electrons. The van der Waals surface area contributed by atoms with Gasteiger partial charge in [-0.3, -0.25) is 19.5 Å².